The van der Waals surface area contributed by atoms with Crippen LogP contribution >= 0.6 is 22.7 Å². The standard InChI is InChI=1S/C16H21NOS2.2C2H6/c1-10(2)9-11(3)15-14(6-8-20-15)17-16(18)13-5-7-19-12(13)4;2*1-2/h5-8,10-11H,9H2,1-4H3,(H,17,18);2*1-2H3. The van der Waals surface area contributed by atoms with Gasteiger partial charge >= 0.3 is 0 Å². The Labute approximate surface area is 156 Å². The van der Waals surface area contributed by atoms with Gasteiger partial charge in [0.2, 0.25) is 0 Å². The van der Waals surface area contributed by atoms with Gasteiger partial charge in [0.05, 0.1) is 11.3 Å². The number of carbonyl (C=O) groups excluding carboxylic acids is 1. The van der Waals surface area contributed by atoms with Crippen molar-refractivity contribution >= 4 is 34.3 Å². The first kappa shape index (κ1) is 22.9. The second-order valence-electron chi connectivity index (χ2n) is 5.57. The van der Waals surface area contributed by atoms with E-state index in [0.29, 0.717) is 11.8 Å². The van der Waals surface area contributed by atoms with E-state index in [-0.39, 0.29) is 5.91 Å². The van der Waals surface area contributed by atoms with Gasteiger partial charge < -0.3 is 5.32 Å². The van der Waals surface area contributed by atoms with Crippen molar-refractivity contribution in [3.05, 3.63) is 38.2 Å². The van der Waals surface area contributed by atoms with Crippen LogP contribution in [0.4, 0.5) is 5.69 Å². The van der Waals surface area contributed by atoms with Crippen LogP contribution in [0.25, 0.3) is 0 Å². The highest BCUT2D eigenvalue weighted by atomic mass is 32.1. The average molecular weight is 368 g/mol. The average Bonchev–Trinajstić information content (AvgIpc) is 3.19. The van der Waals surface area contributed by atoms with E-state index in [1.165, 1.54) is 4.88 Å². The number of hydrogen-bond donors (Lipinski definition) is 1. The van der Waals surface area contributed by atoms with Crippen molar-refractivity contribution in [2.75, 3.05) is 5.32 Å². The number of amides is 1. The first-order valence-corrected chi connectivity index (χ1v) is 10.7. The lowest BCUT2D eigenvalue weighted by Gasteiger charge is -2.15. The van der Waals surface area contributed by atoms with E-state index in [2.05, 4.69) is 31.5 Å². The van der Waals surface area contributed by atoms with Crippen molar-refractivity contribution in [2.45, 2.75) is 67.7 Å². The molecule has 0 aliphatic heterocycles. The monoisotopic (exact) mass is 367 g/mol. The van der Waals surface area contributed by atoms with Crippen LogP contribution in [-0.2, 0) is 0 Å². The van der Waals surface area contributed by atoms with Crippen molar-refractivity contribution in [3.8, 4) is 0 Å². The van der Waals surface area contributed by atoms with Crippen LogP contribution in [0.15, 0.2) is 22.9 Å². The van der Waals surface area contributed by atoms with E-state index in [4.69, 9.17) is 0 Å². The van der Waals surface area contributed by atoms with E-state index < -0.39 is 0 Å². The first-order chi connectivity index (χ1) is 11.5. The van der Waals surface area contributed by atoms with Gasteiger partial charge in [-0.3, -0.25) is 4.79 Å². The Morgan fingerprint density at radius 3 is 2.12 bits per heavy atom. The van der Waals surface area contributed by atoms with Crippen molar-refractivity contribution < 1.29 is 4.79 Å². The maximum atomic E-state index is 12.3. The highest BCUT2D eigenvalue weighted by Gasteiger charge is 2.17. The van der Waals surface area contributed by atoms with Gasteiger partial charge in [-0.05, 0) is 48.1 Å². The molecule has 0 aliphatic rings. The lowest BCUT2D eigenvalue weighted by Crippen LogP contribution is -2.13. The third kappa shape index (κ3) is 6.78. The summed E-state index contributed by atoms with van der Waals surface area (Å²) >= 11 is 3.34. The third-order valence-corrected chi connectivity index (χ3v) is 5.31. The molecule has 1 atom stereocenters. The van der Waals surface area contributed by atoms with E-state index in [0.717, 1.165) is 22.5 Å². The lowest BCUT2D eigenvalue weighted by atomic mass is 9.97. The molecule has 1 N–H and O–H groups in total. The molecule has 0 aliphatic carbocycles. The minimum absolute atomic E-state index is 0.000136. The Bertz CT molecular complexity index is 584. The third-order valence-electron chi connectivity index (χ3n) is 3.32. The van der Waals surface area contributed by atoms with Gasteiger partial charge in [0.15, 0.2) is 0 Å². The number of nitrogens with one attached hydrogen (secondary N) is 1. The van der Waals surface area contributed by atoms with Gasteiger partial charge in [-0.25, -0.2) is 0 Å². The van der Waals surface area contributed by atoms with Crippen molar-refractivity contribution in [1.29, 1.82) is 0 Å². The Morgan fingerprint density at radius 2 is 1.62 bits per heavy atom. The number of aryl methyl sites for hydroxylation is 1. The fourth-order valence-corrected chi connectivity index (χ4v) is 4.05. The fraction of sp³-hybridized carbons (Fsp3) is 0.550. The Hall–Kier alpha value is -1.13. The summed E-state index contributed by atoms with van der Waals surface area (Å²) in [5, 5.41) is 7.08. The molecule has 2 aromatic rings. The Kier molecular flexibility index (Phi) is 11.7. The van der Waals surface area contributed by atoms with Crippen LogP contribution in [-0.4, -0.2) is 5.91 Å². The zero-order valence-corrected chi connectivity index (χ0v) is 18.0. The summed E-state index contributed by atoms with van der Waals surface area (Å²) in [7, 11) is 0. The minimum Gasteiger partial charge on any atom is -0.321 e. The molecule has 0 bridgehead atoms. The second kappa shape index (κ2) is 12.3. The largest absolute Gasteiger partial charge is 0.321 e. The molecule has 0 saturated heterocycles. The molecule has 2 nitrogen and oxygen atoms in total. The van der Waals surface area contributed by atoms with Crippen molar-refractivity contribution in [1.82, 2.24) is 0 Å². The Balaban J connectivity index is 0.00000123. The van der Waals surface area contributed by atoms with Gasteiger partial charge in [-0.1, -0.05) is 48.5 Å². The van der Waals surface area contributed by atoms with E-state index in [1.54, 1.807) is 22.7 Å². The molecule has 0 saturated carbocycles. The fourth-order valence-electron chi connectivity index (χ4n) is 2.43. The van der Waals surface area contributed by atoms with E-state index in [9.17, 15) is 4.79 Å². The summed E-state index contributed by atoms with van der Waals surface area (Å²) in [5.74, 6) is 1.14. The molecule has 136 valence electrons. The Morgan fingerprint density at radius 1 is 1.04 bits per heavy atom. The molecular formula is C20H33NOS2. The quantitative estimate of drug-likeness (QED) is 0.580. The predicted molar refractivity (Wildman–Crippen MR) is 112 cm³/mol. The minimum atomic E-state index is 0.000136. The molecule has 1 amide bonds. The van der Waals surface area contributed by atoms with E-state index in [1.807, 2.05) is 52.1 Å². The highest BCUT2D eigenvalue weighted by Crippen LogP contribution is 2.34. The zero-order chi connectivity index (χ0) is 18.7. The number of thiophene rings is 2. The van der Waals surface area contributed by atoms with Crippen LogP contribution in [0.3, 0.4) is 0 Å². The summed E-state index contributed by atoms with van der Waals surface area (Å²) in [6, 6.07) is 3.90. The number of anilines is 1. The molecule has 0 spiro atoms. The summed E-state index contributed by atoms with van der Waals surface area (Å²) in [4.78, 5) is 14.6. The van der Waals surface area contributed by atoms with Crippen molar-refractivity contribution in [2.24, 2.45) is 5.92 Å². The van der Waals surface area contributed by atoms with Gasteiger partial charge in [0.25, 0.3) is 5.91 Å². The molecule has 2 heterocycles. The van der Waals surface area contributed by atoms with Gasteiger partial charge in [-0.2, -0.15) is 0 Å². The molecule has 0 radical (unpaired) electrons. The first-order valence-electron chi connectivity index (χ1n) is 8.92. The van der Waals surface area contributed by atoms with E-state index >= 15 is 0 Å². The topological polar surface area (TPSA) is 29.1 Å². The molecule has 0 aromatic carbocycles. The molecule has 2 rings (SSSR count). The van der Waals surface area contributed by atoms with Crippen LogP contribution < -0.4 is 5.32 Å². The van der Waals surface area contributed by atoms with Gasteiger partial charge in [0, 0.05) is 9.75 Å². The van der Waals surface area contributed by atoms with Crippen LogP contribution in [0.5, 0.6) is 0 Å². The molecular weight excluding hydrogens is 334 g/mol. The second-order valence-corrected chi connectivity index (χ2v) is 7.64. The number of rotatable bonds is 5. The molecule has 4 heteroatoms. The summed E-state index contributed by atoms with van der Waals surface area (Å²) in [6.45, 7) is 16.7. The maximum Gasteiger partial charge on any atom is 0.256 e. The zero-order valence-electron chi connectivity index (χ0n) is 16.4. The van der Waals surface area contributed by atoms with Crippen molar-refractivity contribution in [3.63, 3.8) is 0 Å². The summed E-state index contributed by atoms with van der Waals surface area (Å²) < 4.78 is 0. The summed E-state index contributed by atoms with van der Waals surface area (Å²) in [6.07, 6.45) is 1.14. The normalized spacial score (nSPS) is 11.0. The smallest absolute Gasteiger partial charge is 0.256 e. The SMILES string of the molecule is CC.CC.Cc1sccc1C(=O)Nc1ccsc1C(C)CC(C)C. The van der Waals surface area contributed by atoms with Gasteiger partial charge in [-0.15, -0.1) is 22.7 Å². The number of carbonyl (C=O) groups is 1. The number of hydrogen-bond acceptors (Lipinski definition) is 3. The maximum absolute atomic E-state index is 12.3. The summed E-state index contributed by atoms with van der Waals surface area (Å²) in [5.41, 5.74) is 1.75. The molecule has 1 unspecified atom stereocenters. The predicted octanol–water partition coefficient (Wildman–Crippen LogP) is 7.57. The van der Waals surface area contributed by atoms with Gasteiger partial charge in [0.1, 0.15) is 0 Å². The molecule has 24 heavy (non-hydrogen) atoms. The molecule has 0 fully saturated rings. The van der Waals surface area contributed by atoms with Crippen LogP contribution in [0.2, 0.25) is 0 Å². The van der Waals surface area contributed by atoms with Crippen LogP contribution in [0.1, 0.15) is 80.9 Å². The van der Waals surface area contributed by atoms with Crippen LogP contribution in [0, 0.1) is 12.8 Å². The molecule has 2 aromatic heterocycles. The highest BCUT2D eigenvalue weighted by molar-refractivity contribution is 7.10. The lowest BCUT2D eigenvalue weighted by molar-refractivity contribution is 0.102.